The molecule has 0 saturated carbocycles. The van der Waals surface area contributed by atoms with E-state index in [0.29, 0.717) is 39.1 Å². The quantitative estimate of drug-likeness (QED) is 0.164. The van der Waals surface area contributed by atoms with Crippen molar-refractivity contribution in [2.75, 3.05) is 37.7 Å². The topological polar surface area (TPSA) is 90.4 Å². The van der Waals surface area contributed by atoms with Crippen molar-refractivity contribution in [3.8, 4) is 5.75 Å². The van der Waals surface area contributed by atoms with E-state index < -0.39 is 28.2 Å². The molecule has 0 radical (unpaired) electrons. The van der Waals surface area contributed by atoms with E-state index in [4.69, 9.17) is 4.74 Å². The molecule has 1 aromatic carbocycles. The fourth-order valence-electron chi connectivity index (χ4n) is 8.72. The summed E-state index contributed by atoms with van der Waals surface area (Å²) < 4.78 is 4.91. The van der Waals surface area contributed by atoms with Crippen LogP contribution in [0.3, 0.4) is 0 Å². The van der Waals surface area contributed by atoms with Crippen LogP contribution >= 0.6 is 11.8 Å². The van der Waals surface area contributed by atoms with Crippen LogP contribution in [-0.4, -0.2) is 87.1 Å². The fourth-order valence-corrected chi connectivity index (χ4v) is 11.1. The molecule has 8 nitrogen and oxygen atoms in total. The minimum absolute atomic E-state index is 0.0274. The first-order chi connectivity index (χ1) is 22.2. The number of amides is 3. The maximum absolute atomic E-state index is 15.1. The monoisotopic (exact) mass is 667 g/mol. The fraction of sp³-hybridized carbons (Fsp3) is 0.658. The molecular weight excluding hydrogens is 611 g/mol. The summed E-state index contributed by atoms with van der Waals surface area (Å²) in [6.45, 7) is 24.5. The Balaban J connectivity index is 1.78. The molecule has 0 aliphatic carbocycles. The van der Waals surface area contributed by atoms with Crippen molar-refractivity contribution in [2.24, 2.45) is 23.2 Å². The number of carbonyl (C=O) groups excluding carboxylic acids is 3. The molecule has 3 heterocycles. The number of rotatable bonds is 16. The van der Waals surface area contributed by atoms with E-state index in [1.807, 2.05) is 41.0 Å². The summed E-state index contributed by atoms with van der Waals surface area (Å²) in [5, 5.41) is 9.37. The van der Waals surface area contributed by atoms with Gasteiger partial charge in [0.1, 0.15) is 11.8 Å². The Kier molecular flexibility index (Phi) is 11.6. The maximum Gasteiger partial charge on any atom is 0.247 e. The Morgan fingerprint density at radius 2 is 1.72 bits per heavy atom. The summed E-state index contributed by atoms with van der Waals surface area (Å²) in [6, 6.07) is 6.79. The number of hydrogen-bond donors (Lipinski definition) is 1. The molecule has 3 saturated heterocycles. The molecule has 4 rings (SSSR count). The van der Waals surface area contributed by atoms with Gasteiger partial charge in [-0.15, -0.1) is 24.9 Å². The average Bonchev–Trinajstić information content (AvgIpc) is 3.59. The number of carbonyl (C=O) groups is 3. The minimum Gasteiger partial charge on any atom is -0.494 e. The summed E-state index contributed by atoms with van der Waals surface area (Å²) in [6.07, 6.45) is 7.12. The lowest BCUT2D eigenvalue weighted by Gasteiger charge is -2.47. The molecule has 260 valence electrons. The van der Waals surface area contributed by atoms with E-state index in [1.54, 1.807) is 28.8 Å². The first-order valence-corrected chi connectivity index (χ1v) is 18.2. The lowest BCUT2D eigenvalue weighted by atomic mass is 9.65. The molecule has 3 amide bonds. The van der Waals surface area contributed by atoms with Crippen LogP contribution in [0.15, 0.2) is 49.6 Å². The molecule has 3 fully saturated rings. The second-order valence-electron chi connectivity index (χ2n) is 15.3. The number of fused-ring (bicyclic) bond motifs is 1. The van der Waals surface area contributed by atoms with E-state index in [2.05, 4.69) is 54.7 Å². The van der Waals surface area contributed by atoms with Crippen molar-refractivity contribution >= 4 is 35.2 Å². The van der Waals surface area contributed by atoms with Crippen molar-refractivity contribution in [1.29, 1.82) is 0 Å². The highest BCUT2D eigenvalue weighted by Crippen LogP contribution is 2.69. The van der Waals surface area contributed by atoms with Gasteiger partial charge < -0.3 is 24.5 Å². The number of anilines is 1. The summed E-state index contributed by atoms with van der Waals surface area (Å²) >= 11 is 1.71. The predicted molar refractivity (Wildman–Crippen MR) is 192 cm³/mol. The third-order valence-electron chi connectivity index (χ3n) is 10.1. The van der Waals surface area contributed by atoms with Gasteiger partial charge in [0.15, 0.2) is 0 Å². The summed E-state index contributed by atoms with van der Waals surface area (Å²) in [5.41, 5.74) is 0.214. The minimum atomic E-state index is -0.716. The zero-order valence-electron chi connectivity index (χ0n) is 29.7. The van der Waals surface area contributed by atoms with Crippen molar-refractivity contribution < 1.29 is 24.2 Å². The lowest BCUT2D eigenvalue weighted by Crippen LogP contribution is -2.61. The third kappa shape index (κ3) is 7.17. The van der Waals surface area contributed by atoms with Crippen LogP contribution < -0.4 is 9.64 Å². The van der Waals surface area contributed by atoms with E-state index in [1.165, 1.54) is 0 Å². The number of aliphatic hydroxyl groups excluding tert-OH is 1. The SMILES string of the molecule is C=CCN(C(=O)[C@@H]1[C@@H]2CC(C)C3(S2)C(C(=O)N(CC=C)C(C)(C)CC(C)(C)C)N(CCCCCO)C(=O)[C@H]13)c1ccc(OCC)cc1. The van der Waals surface area contributed by atoms with Crippen molar-refractivity contribution in [1.82, 2.24) is 9.80 Å². The van der Waals surface area contributed by atoms with Gasteiger partial charge in [-0.2, -0.15) is 0 Å². The molecule has 1 aromatic rings. The Bertz CT molecular complexity index is 1310. The van der Waals surface area contributed by atoms with Crippen LogP contribution in [0, 0.1) is 23.2 Å². The van der Waals surface area contributed by atoms with E-state index in [0.717, 1.165) is 30.7 Å². The van der Waals surface area contributed by atoms with Gasteiger partial charge in [0.25, 0.3) is 0 Å². The third-order valence-corrected chi connectivity index (χ3v) is 12.2. The van der Waals surface area contributed by atoms with Gasteiger partial charge in [-0.25, -0.2) is 0 Å². The second-order valence-corrected chi connectivity index (χ2v) is 16.9. The summed E-state index contributed by atoms with van der Waals surface area (Å²) in [5.74, 6) is -0.600. The molecule has 9 heteroatoms. The molecule has 0 aromatic heterocycles. The van der Waals surface area contributed by atoms with E-state index in [9.17, 15) is 14.7 Å². The van der Waals surface area contributed by atoms with Crippen LogP contribution in [0.4, 0.5) is 5.69 Å². The zero-order chi connectivity index (χ0) is 34.7. The van der Waals surface area contributed by atoms with Crippen LogP contribution in [0.1, 0.15) is 80.6 Å². The van der Waals surface area contributed by atoms with Gasteiger partial charge >= 0.3 is 0 Å². The normalized spacial score (nSPS) is 26.7. The molecule has 1 spiro atoms. The number of nitrogens with zero attached hydrogens (tertiary/aromatic N) is 3. The summed E-state index contributed by atoms with van der Waals surface area (Å²) in [4.78, 5) is 50.0. The lowest BCUT2D eigenvalue weighted by molar-refractivity contribution is -0.146. The molecule has 47 heavy (non-hydrogen) atoms. The Morgan fingerprint density at radius 1 is 1.06 bits per heavy atom. The molecule has 3 aliphatic rings. The van der Waals surface area contributed by atoms with E-state index in [-0.39, 0.29) is 40.9 Å². The molecule has 6 atom stereocenters. The van der Waals surface area contributed by atoms with Crippen LogP contribution in [-0.2, 0) is 14.4 Å². The van der Waals surface area contributed by atoms with Gasteiger partial charge in [0.2, 0.25) is 17.7 Å². The molecule has 3 aliphatic heterocycles. The largest absolute Gasteiger partial charge is 0.494 e. The first-order valence-electron chi connectivity index (χ1n) is 17.3. The number of benzene rings is 1. The molecular formula is C38H57N3O5S. The number of unbranched alkanes of at least 4 members (excludes halogenated alkanes) is 2. The smallest absolute Gasteiger partial charge is 0.247 e. The first kappa shape index (κ1) is 37.0. The van der Waals surface area contributed by atoms with Crippen molar-refractivity contribution in [3.63, 3.8) is 0 Å². The highest BCUT2D eigenvalue weighted by Gasteiger charge is 2.76. The second kappa shape index (κ2) is 14.8. The number of thioether (sulfide) groups is 1. The van der Waals surface area contributed by atoms with Gasteiger partial charge in [-0.1, -0.05) is 39.8 Å². The van der Waals surface area contributed by atoms with Gasteiger partial charge in [-0.3, -0.25) is 14.4 Å². The molecule has 1 N–H and O–H groups in total. The number of hydrogen-bond acceptors (Lipinski definition) is 6. The van der Waals surface area contributed by atoms with Gasteiger partial charge in [-0.05, 0) is 88.5 Å². The Labute approximate surface area is 287 Å². The van der Waals surface area contributed by atoms with Crippen LogP contribution in [0.2, 0.25) is 0 Å². The summed E-state index contributed by atoms with van der Waals surface area (Å²) in [7, 11) is 0. The van der Waals surface area contributed by atoms with Crippen molar-refractivity contribution in [3.05, 3.63) is 49.6 Å². The number of likely N-dealkylation sites (tertiary alicyclic amines) is 1. The number of ether oxygens (including phenoxy) is 1. The highest BCUT2D eigenvalue weighted by atomic mass is 32.2. The zero-order valence-corrected chi connectivity index (χ0v) is 30.5. The van der Waals surface area contributed by atoms with Crippen molar-refractivity contribution in [2.45, 2.75) is 102 Å². The highest BCUT2D eigenvalue weighted by molar-refractivity contribution is 8.02. The Morgan fingerprint density at radius 3 is 2.30 bits per heavy atom. The molecule has 2 bridgehead atoms. The standard InChI is InChI=1S/C38H57N3O5S/c1-10-20-39(27-16-18-28(19-17-27)46-12-3)33(43)30-29-24-26(4)38(47-29)31(30)34(44)40(22-14-13-15-23-42)32(38)35(45)41(21-11-2)37(8,9)25-36(5,6)7/h10-11,16-19,26,29-32,42H,1-2,12-15,20-25H2,3-9H3/t26?,29-,30+,31-,32?,38?/m0/s1. The Hall–Kier alpha value is -2.78. The van der Waals surface area contributed by atoms with Gasteiger partial charge in [0, 0.05) is 42.7 Å². The number of aliphatic hydroxyl groups is 1. The molecule has 3 unspecified atom stereocenters. The van der Waals surface area contributed by atoms with Crippen LogP contribution in [0.25, 0.3) is 0 Å². The van der Waals surface area contributed by atoms with Gasteiger partial charge in [0.05, 0.1) is 23.2 Å². The predicted octanol–water partition coefficient (Wildman–Crippen LogP) is 6.33. The van der Waals surface area contributed by atoms with E-state index >= 15 is 4.79 Å². The average molecular weight is 668 g/mol. The maximum atomic E-state index is 15.1. The van der Waals surface area contributed by atoms with Crippen LogP contribution in [0.5, 0.6) is 5.75 Å².